The maximum absolute atomic E-state index is 13.1. The number of ether oxygens (including phenoxy) is 1. The van der Waals surface area contributed by atoms with Gasteiger partial charge in [-0.1, -0.05) is 43.3 Å². The van der Waals surface area contributed by atoms with E-state index in [1.54, 1.807) is 0 Å². The molecule has 1 saturated heterocycles. The van der Waals surface area contributed by atoms with Crippen LogP contribution in [-0.2, 0) is 17.8 Å². The molecule has 3 aromatic carbocycles. The van der Waals surface area contributed by atoms with E-state index in [-0.39, 0.29) is 11.8 Å². The molecule has 0 bridgehead atoms. The van der Waals surface area contributed by atoms with Crippen LogP contribution in [0.15, 0.2) is 66.7 Å². The van der Waals surface area contributed by atoms with Gasteiger partial charge in [-0.25, -0.2) is 4.98 Å². The Balaban J connectivity index is 1.39. The largest absolute Gasteiger partial charge is 0.492 e. The molecule has 4 aromatic rings. The van der Waals surface area contributed by atoms with Crippen LogP contribution in [0.2, 0.25) is 0 Å². The van der Waals surface area contributed by atoms with E-state index in [0.29, 0.717) is 26.1 Å². The molecular weight excluding hydrogens is 422 g/mol. The topological polar surface area (TPSA) is 47.4 Å². The molecule has 1 aromatic heterocycles. The summed E-state index contributed by atoms with van der Waals surface area (Å²) in [5.74, 6) is 2.04. The molecule has 34 heavy (non-hydrogen) atoms. The van der Waals surface area contributed by atoms with Gasteiger partial charge in [0.1, 0.15) is 18.2 Å². The Morgan fingerprint density at radius 3 is 2.62 bits per heavy atom. The number of benzene rings is 3. The predicted molar refractivity (Wildman–Crippen MR) is 137 cm³/mol. The molecule has 1 atom stereocenters. The van der Waals surface area contributed by atoms with Crippen molar-refractivity contribution in [2.75, 3.05) is 18.1 Å². The van der Waals surface area contributed by atoms with E-state index >= 15 is 0 Å². The maximum atomic E-state index is 13.1. The first kappa shape index (κ1) is 22.2. The van der Waals surface area contributed by atoms with Gasteiger partial charge in [-0.15, -0.1) is 0 Å². The Hall–Kier alpha value is -3.60. The fourth-order valence-electron chi connectivity index (χ4n) is 4.84. The highest BCUT2D eigenvalue weighted by molar-refractivity contribution is 5.97. The lowest BCUT2D eigenvalue weighted by atomic mass is 10.1. The van der Waals surface area contributed by atoms with E-state index in [4.69, 9.17) is 9.72 Å². The highest BCUT2D eigenvalue weighted by Gasteiger charge is 2.35. The molecule has 2 heterocycles. The number of anilines is 1. The number of carbonyl (C=O) groups is 1. The predicted octanol–water partition coefficient (Wildman–Crippen LogP) is 5.82. The van der Waals surface area contributed by atoms with E-state index in [1.165, 1.54) is 5.56 Å². The normalized spacial score (nSPS) is 15.9. The number of hydrogen-bond acceptors (Lipinski definition) is 3. The van der Waals surface area contributed by atoms with Crippen LogP contribution >= 0.6 is 0 Å². The van der Waals surface area contributed by atoms with Gasteiger partial charge in [0.25, 0.3) is 0 Å². The van der Waals surface area contributed by atoms with Gasteiger partial charge in [0.2, 0.25) is 5.91 Å². The highest BCUT2D eigenvalue weighted by Crippen LogP contribution is 2.35. The fraction of sp³-hybridized carbons (Fsp3) is 0.310. The van der Waals surface area contributed by atoms with E-state index in [1.807, 2.05) is 35.2 Å². The molecule has 1 aliphatic heterocycles. The van der Waals surface area contributed by atoms with Crippen LogP contribution < -0.4 is 9.64 Å². The lowest BCUT2D eigenvalue weighted by molar-refractivity contribution is -0.117. The zero-order valence-electron chi connectivity index (χ0n) is 20.1. The molecule has 5 rings (SSSR count). The van der Waals surface area contributed by atoms with Gasteiger partial charge in [-0.05, 0) is 67.3 Å². The molecule has 0 saturated carbocycles. The zero-order chi connectivity index (χ0) is 23.7. The van der Waals surface area contributed by atoms with Crippen LogP contribution in [0.4, 0.5) is 5.69 Å². The minimum atomic E-state index is 0.0450. The van der Waals surface area contributed by atoms with Gasteiger partial charge < -0.3 is 14.2 Å². The van der Waals surface area contributed by atoms with Crippen molar-refractivity contribution < 1.29 is 9.53 Å². The third-order valence-electron chi connectivity index (χ3n) is 6.74. The number of aryl methyl sites for hydroxylation is 3. The molecule has 0 radical (unpaired) electrons. The van der Waals surface area contributed by atoms with Crippen LogP contribution in [-0.4, -0.2) is 28.6 Å². The summed E-state index contributed by atoms with van der Waals surface area (Å²) in [6.07, 6.45) is 1.49. The third-order valence-corrected chi connectivity index (χ3v) is 6.74. The van der Waals surface area contributed by atoms with Crippen LogP contribution in [0.25, 0.3) is 11.0 Å². The highest BCUT2D eigenvalue weighted by atomic mass is 16.5. The van der Waals surface area contributed by atoms with Crippen molar-refractivity contribution in [2.45, 2.75) is 46.1 Å². The number of para-hydroxylation sites is 2. The number of imidazole rings is 1. The molecule has 0 spiro atoms. The summed E-state index contributed by atoms with van der Waals surface area (Å²) in [7, 11) is 0. The summed E-state index contributed by atoms with van der Waals surface area (Å²) in [4.78, 5) is 20.0. The molecule has 1 aliphatic rings. The summed E-state index contributed by atoms with van der Waals surface area (Å²) >= 11 is 0. The lowest BCUT2D eigenvalue weighted by Gasteiger charge is -2.20. The summed E-state index contributed by atoms with van der Waals surface area (Å²) in [6.45, 7) is 8.15. The number of amides is 1. The molecule has 0 aliphatic carbocycles. The Bertz CT molecular complexity index is 1320. The first-order valence-corrected chi connectivity index (χ1v) is 12.1. The van der Waals surface area contributed by atoms with Crippen molar-refractivity contribution in [3.63, 3.8) is 0 Å². The van der Waals surface area contributed by atoms with Gasteiger partial charge in [0, 0.05) is 24.6 Å². The smallest absolute Gasteiger partial charge is 0.227 e. The van der Waals surface area contributed by atoms with Gasteiger partial charge in [-0.3, -0.25) is 4.79 Å². The maximum Gasteiger partial charge on any atom is 0.227 e. The Labute approximate surface area is 201 Å². The Kier molecular flexibility index (Phi) is 6.10. The van der Waals surface area contributed by atoms with Crippen LogP contribution in [0.1, 0.15) is 41.8 Å². The van der Waals surface area contributed by atoms with E-state index in [9.17, 15) is 4.79 Å². The third kappa shape index (κ3) is 4.30. The average molecular weight is 454 g/mol. The van der Waals surface area contributed by atoms with Gasteiger partial charge in [0.05, 0.1) is 17.6 Å². The van der Waals surface area contributed by atoms with Crippen molar-refractivity contribution in [3.8, 4) is 5.75 Å². The quantitative estimate of drug-likeness (QED) is 0.354. The molecular formula is C29H31N3O2. The SMILES string of the molecule is CCc1ccc(OCCn2c(C3CC(=O)N(c4cc(C)ccc4C)C3)nc3ccccc32)cc1. The van der Waals surface area contributed by atoms with Gasteiger partial charge in [0.15, 0.2) is 0 Å². The standard InChI is InChI=1S/C29H31N3O2/c1-4-22-11-13-24(14-12-22)34-16-15-31-26-8-6-5-7-25(26)30-29(31)23-18-28(33)32(19-23)27-17-20(2)9-10-21(27)3/h5-14,17,23H,4,15-16,18-19H2,1-3H3. The first-order valence-electron chi connectivity index (χ1n) is 12.1. The second-order valence-electron chi connectivity index (χ2n) is 9.15. The van der Waals surface area contributed by atoms with Crippen molar-refractivity contribution >= 4 is 22.6 Å². The molecule has 1 fully saturated rings. The number of rotatable bonds is 7. The van der Waals surface area contributed by atoms with Crippen molar-refractivity contribution in [1.29, 1.82) is 0 Å². The molecule has 5 nitrogen and oxygen atoms in total. The monoisotopic (exact) mass is 453 g/mol. The number of carbonyl (C=O) groups excluding carboxylic acids is 1. The minimum Gasteiger partial charge on any atom is -0.492 e. The number of fused-ring (bicyclic) bond motifs is 1. The van der Waals surface area contributed by atoms with E-state index in [2.05, 4.69) is 61.7 Å². The Morgan fingerprint density at radius 2 is 1.82 bits per heavy atom. The van der Waals surface area contributed by atoms with Crippen LogP contribution in [0.3, 0.4) is 0 Å². The minimum absolute atomic E-state index is 0.0450. The molecule has 1 amide bonds. The van der Waals surface area contributed by atoms with Crippen molar-refractivity contribution in [2.24, 2.45) is 0 Å². The lowest BCUT2D eigenvalue weighted by Crippen LogP contribution is -2.25. The van der Waals surface area contributed by atoms with Gasteiger partial charge in [-0.2, -0.15) is 0 Å². The summed E-state index contributed by atoms with van der Waals surface area (Å²) in [5, 5.41) is 0. The molecule has 1 unspecified atom stereocenters. The number of hydrogen-bond donors (Lipinski definition) is 0. The molecule has 0 N–H and O–H groups in total. The van der Waals surface area contributed by atoms with E-state index < -0.39 is 0 Å². The number of nitrogens with zero attached hydrogens (tertiary/aromatic N) is 3. The number of aromatic nitrogens is 2. The Morgan fingerprint density at radius 1 is 1.03 bits per heavy atom. The molecule has 174 valence electrons. The zero-order valence-corrected chi connectivity index (χ0v) is 20.1. The van der Waals surface area contributed by atoms with Crippen molar-refractivity contribution in [3.05, 3.63) is 89.2 Å². The summed E-state index contributed by atoms with van der Waals surface area (Å²) < 4.78 is 8.30. The van der Waals surface area contributed by atoms with Gasteiger partial charge >= 0.3 is 0 Å². The fourth-order valence-corrected chi connectivity index (χ4v) is 4.84. The van der Waals surface area contributed by atoms with Crippen LogP contribution in [0.5, 0.6) is 5.75 Å². The van der Waals surface area contributed by atoms with Crippen molar-refractivity contribution in [1.82, 2.24) is 9.55 Å². The van der Waals surface area contributed by atoms with Crippen LogP contribution in [0, 0.1) is 13.8 Å². The second kappa shape index (κ2) is 9.34. The summed E-state index contributed by atoms with van der Waals surface area (Å²) in [6, 6.07) is 22.8. The second-order valence-corrected chi connectivity index (χ2v) is 9.15. The van der Waals surface area contributed by atoms with E-state index in [0.717, 1.165) is 45.8 Å². The average Bonchev–Trinajstić information content (AvgIpc) is 3.41. The summed E-state index contributed by atoms with van der Waals surface area (Å²) in [5.41, 5.74) is 6.63. The first-order chi connectivity index (χ1) is 16.5. The molecule has 5 heteroatoms.